The molecule has 0 amide bonds. The lowest BCUT2D eigenvalue weighted by atomic mass is 10.0. The number of hydrogen-bond donors (Lipinski definition) is 0. The van der Waals surface area contributed by atoms with Crippen LogP contribution in [0.3, 0.4) is 0 Å². The van der Waals surface area contributed by atoms with Crippen molar-refractivity contribution in [2.75, 3.05) is 0 Å². The fraction of sp³-hybridized carbons (Fsp3) is 0. The standard InChI is InChI=1S/C59H32N4O2S/c1-3-14-37-33(12-1)26-29-48-53(37)44-28-24-34-13-2-4-15-38(34)54(44)63(48)36-31-46-42-18-7-10-23-52(42)66-56(46)47(32-36)59-61-57(35-25-27-41-39-16-5-8-21-49(39)64-51(41)30-35)60-58(62-59)45-20-11-19-43-40-17-6-9-22-50(40)65-55(43)45/h1-32H. The molecule has 0 spiro atoms. The molecule has 66 heavy (non-hydrogen) atoms. The van der Waals surface area contributed by atoms with Crippen LogP contribution in [-0.4, -0.2) is 19.5 Å². The van der Waals surface area contributed by atoms with E-state index in [1.54, 1.807) is 11.3 Å². The molecule has 0 aliphatic heterocycles. The van der Waals surface area contributed by atoms with Crippen molar-refractivity contribution in [3.8, 4) is 39.9 Å². The maximum Gasteiger partial charge on any atom is 0.167 e. The number of rotatable bonds is 4. The van der Waals surface area contributed by atoms with Gasteiger partial charge < -0.3 is 13.4 Å². The molecule has 0 N–H and O–H groups in total. The molecule has 306 valence electrons. The third-order valence-electron chi connectivity index (χ3n) is 13.4. The van der Waals surface area contributed by atoms with Crippen LogP contribution in [0, 0.1) is 0 Å². The Morgan fingerprint density at radius 3 is 1.86 bits per heavy atom. The molecule has 10 aromatic carbocycles. The third kappa shape index (κ3) is 5.08. The van der Waals surface area contributed by atoms with E-state index in [0.717, 1.165) is 87.4 Å². The van der Waals surface area contributed by atoms with Gasteiger partial charge in [0.15, 0.2) is 17.5 Å². The van der Waals surface area contributed by atoms with Crippen molar-refractivity contribution in [3.63, 3.8) is 0 Å². The fourth-order valence-corrected chi connectivity index (χ4v) is 11.7. The molecular formula is C59H32N4O2S. The summed E-state index contributed by atoms with van der Waals surface area (Å²) in [4.78, 5) is 16.2. The van der Waals surface area contributed by atoms with E-state index in [1.165, 1.54) is 42.4 Å². The highest BCUT2D eigenvalue weighted by Gasteiger charge is 2.24. The second-order valence-corrected chi connectivity index (χ2v) is 18.1. The van der Waals surface area contributed by atoms with Crippen molar-refractivity contribution in [3.05, 3.63) is 194 Å². The topological polar surface area (TPSA) is 69.9 Å². The Hall–Kier alpha value is -8.65. The van der Waals surface area contributed by atoms with Gasteiger partial charge in [-0.05, 0) is 70.8 Å². The third-order valence-corrected chi connectivity index (χ3v) is 14.6. The quantitative estimate of drug-likeness (QED) is 0.176. The molecule has 0 bridgehead atoms. The van der Waals surface area contributed by atoms with Gasteiger partial charge in [0.25, 0.3) is 0 Å². The predicted octanol–water partition coefficient (Wildman–Crippen LogP) is 16.4. The van der Waals surface area contributed by atoms with Gasteiger partial charge in [-0.1, -0.05) is 140 Å². The molecule has 0 radical (unpaired) electrons. The molecule has 6 nitrogen and oxygen atoms in total. The number of nitrogens with zero attached hydrogens (tertiary/aromatic N) is 4. The van der Waals surface area contributed by atoms with E-state index in [-0.39, 0.29) is 0 Å². The Kier molecular flexibility index (Phi) is 7.28. The van der Waals surface area contributed by atoms with Gasteiger partial charge >= 0.3 is 0 Å². The van der Waals surface area contributed by atoms with Crippen molar-refractivity contribution < 1.29 is 8.83 Å². The Labute approximate surface area is 379 Å². The first kappa shape index (κ1) is 35.8. The second kappa shape index (κ2) is 13.4. The minimum Gasteiger partial charge on any atom is -0.456 e. The molecule has 5 aromatic heterocycles. The highest BCUT2D eigenvalue weighted by atomic mass is 32.1. The lowest BCUT2D eigenvalue weighted by molar-refractivity contribution is 0.668. The number of thiophene rings is 1. The number of fused-ring (bicyclic) bond motifs is 16. The van der Waals surface area contributed by atoms with Crippen LogP contribution in [0.25, 0.3) is 147 Å². The Bertz CT molecular complexity index is 4550. The molecule has 0 fully saturated rings. The van der Waals surface area contributed by atoms with Gasteiger partial charge in [-0.15, -0.1) is 11.3 Å². The molecular weight excluding hydrogens is 829 g/mol. The van der Waals surface area contributed by atoms with Crippen molar-refractivity contribution in [1.29, 1.82) is 0 Å². The van der Waals surface area contributed by atoms with Gasteiger partial charge in [-0.3, -0.25) is 0 Å². The molecule has 0 atom stereocenters. The van der Waals surface area contributed by atoms with Crippen LogP contribution in [-0.2, 0) is 0 Å². The summed E-state index contributed by atoms with van der Waals surface area (Å²) < 4.78 is 17.8. The molecule has 0 saturated heterocycles. The minimum absolute atomic E-state index is 0.526. The summed E-state index contributed by atoms with van der Waals surface area (Å²) in [7, 11) is 0. The Balaban J connectivity index is 1.06. The zero-order valence-corrected chi connectivity index (χ0v) is 35.8. The molecule has 0 saturated carbocycles. The van der Waals surface area contributed by atoms with Crippen LogP contribution >= 0.6 is 11.3 Å². The molecule has 0 unspecified atom stereocenters. The maximum absolute atomic E-state index is 6.63. The first-order chi connectivity index (χ1) is 32.7. The SMILES string of the molecule is c1ccc2c(c1)ccc1c2c2ccc3ccccc3c2n1-c1cc(-c2nc(-c3ccc4c(c3)oc3ccccc34)nc(-c3cccc4c3oc3ccccc34)n2)c2sc3ccccc3c2c1. The van der Waals surface area contributed by atoms with Crippen molar-refractivity contribution in [2.24, 2.45) is 0 Å². The van der Waals surface area contributed by atoms with Crippen LogP contribution in [0.5, 0.6) is 0 Å². The van der Waals surface area contributed by atoms with Gasteiger partial charge in [0, 0.05) is 74.7 Å². The Morgan fingerprint density at radius 2 is 1.02 bits per heavy atom. The zero-order chi connectivity index (χ0) is 43.0. The summed E-state index contributed by atoms with van der Waals surface area (Å²) in [6.45, 7) is 0. The van der Waals surface area contributed by atoms with E-state index in [2.05, 4.69) is 162 Å². The zero-order valence-electron chi connectivity index (χ0n) is 35.0. The van der Waals surface area contributed by atoms with Gasteiger partial charge in [0.2, 0.25) is 0 Å². The van der Waals surface area contributed by atoms with E-state index < -0.39 is 0 Å². The molecule has 7 heteroatoms. The van der Waals surface area contributed by atoms with Gasteiger partial charge in [-0.2, -0.15) is 0 Å². The van der Waals surface area contributed by atoms with Gasteiger partial charge in [0.1, 0.15) is 22.3 Å². The van der Waals surface area contributed by atoms with Gasteiger partial charge in [-0.25, -0.2) is 15.0 Å². The summed E-state index contributed by atoms with van der Waals surface area (Å²) in [5.41, 5.74) is 9.04. The van der Waals surface area contributed by atoms with Gasteiger partial charge in [0.05, 0.1) is 16.6 Å². The number of furan rings is 2. The smallest absolute Gasteiger partial charge is 0.167 e. The van der Waals surface area contributed by atoms with E-state index in [0.29, 0.717) is 17.5 Å². The predicted molar refractivity (Wildman–Crippen MR) is 273 cm³/mol. The van der Waals surface area contributed by atoms with Crippen LogP contribution in [0.2, 0.25) is 0 Å². The van der Waals surface area contributed by atoms with Crippen molar-refractivity contribution >= 4 is 119 Å². The van der Waals surface area contributed by atoms with Crippen LogP contribution in [0.4, 0.5) is 0 Å². The normalized spacial score (nSPS) is 12.2. The average Bonchev–Trinajstić information content (AvgIpc) is 4.15. The second-order valence-electron chi connectivity index (χ2n) is 17.1. The highest BCUT2D eigenvalue weighted by molar-refractivity contribution is 7.26. The first-order valence-electron chi connectivity index (χ1n) is 22.1. The fourth-order valence-electron chi connectivity index (χ4n) is 10.5. The maximum atomic E-state index is 6.63. The molecule has 0 aliphatic rings. The van der Waals surface area contributed by atoms with Crippen LogP contribution in [0.15, 0.2) is 203 Å². The Morgan fingerprint density at radius 1 is 0.394 bits per heavy atom. The van der Waals surface area contributed by atoms with E-state index in [9.17, 15) is 0 Å². The number of para-hydroxylation sites is 3. The largest absolute Gasteiger partial charge is 0.456 e. The van der Waals surface area contributed by atoms with E-state index in [4.69, 9.17) is 23.8 Å². The monoisotopic (exact) mass is 860 g/mol. The summed E-state index contributed by atoms with van der Waals surface area (Å²) >= 11 is 1.77. The lowest BCUT2D eigenvalue weighted by Crippen LogP contribution is -2.02. The summed E-state index contributed by atoms with van der Waals surface area (Å²) in [5.74, 6) is 1.64. The first-order valence-corrected chi connectivity index (χ1v) is 22.9. The molecule has 0 aliphatic carbocycles. The highest BCUT2D eigenvalue weighted by Crippen LogP contribution is 2.46. The molecule has 15 rings (SSSR count). The minimum atomic E-state index is 0.526. The van der Waals surface area contributed by atoms with E-state index in [1.807, 2.05) is 36.4 Å². The summed E-state index contributed by atoms with van der Waals surface area (Å²) in [5, 5.41) is 13.8. The average molecular weight is 861 g/mol. The van der Waals surface area contributed by atoms with Crippen molar-refractivity contribution in [1.82, 2.24) is 19.5 Å². The van der Waals surface area contributed by atoms with E-state index >= 15 is 0 Å². The van der Waals surface area contributed by atoms with Crippen LogP contribution in [0.1, 0.15) is 0 Å². The number of aromatic nitrogens is 4. The number of hydrogen-bond acceptors (Lipinski definition) is 6. The molecule has 15 aromatic rings. The summed E-state index contributed by atoms with van der Waals surface area (Å²) in [6.07, 6.45) is 0. The lowest BCUT2D eigenvalue weighted by Gasteiger charge is -2.14. The number of benzene rings is 10. The summed E-state index contributed by atoms with van der Waals surface area (Å²) in [6, 6.07) is 68.6. The molecule has 5 heterocycles. The van der Waals surface area contributed by atoms with Crippen molar-refractivity contribution in [2.45, 2.75) is 0 Å². The van der Waals surface area contributed by atoms with Crippen LogP contribution < -0.4 is 0 Å².